The lowest BCUT2D eigenvalue weighted by atomic mass is 9.72. The topological polar surface area (TPSA) is 77.2 Å². The molecule has 1 aromatic heterocycles. The van der Waals surface area contributed by atoms with E-state index in [-0.39, 0.29) is 5.91 Å². The number of likely N-dealkylation sites (N-methyl/N-ethyl adjacent to an activating group) is 1. The molecular weight excluding hydrogens is 328 g/mol. The zero-order valence-electron chi connectivity index (χ0n) is 15.6. The molecule has 1 unspecified atom stereocenters. The van der Waals surface area contributed by atoms with Crippen LogP contribution >= 0.6 is 0 Å². The Kier molecular flexibility index (Phi) is 4.23. The van der Waals surface area contributed by atoms with Crippen LogP contribution in [0.1, 0.15) is 36.1 Å². The summed E-state index contributed by atoms with van der Waals surface area (Å²) in [7, 11) is 2.19. The number of aromatic amines is 1. The molecule has 2 aromatic rings. The number of H-pyrrole nitrogens is 1. The van der Waals surface area contributed by atoms with Crippen LogP contribution in [0.4, 0.5) is 4.79 Å². The average molecular weight is 354 g/mol. The van der Waals surface area contributed by atoms with E-state index in [0.29, 0.717) is 24.4 Å². The first-order valence-electron chi connectivity index (χ1n) is 9.29. The summed E-state index contributed by atoms with van der Waals surface area (Å²) < 4.78 is 0. The van der Waals surface area contributed by atoms with Gasteiger partial charge < -0.3 is 15.2 Å². The van der Waals surface area contributed by atoms with Gasteiger partial charge in [0.15, 0.2) is 0 Å². The number of nitrogens with one attached hydrogen (secondary N) is 3. The number of urea groups is 1. The fourth-order valence-electron chi connectivity index (χ4n) is 4.91. The quantitative estimate of drug-likeness (QED) is 0.774. The number of fused-ring (bicyclic) bond motifs is 2. The summed E-state index contributed by atoms with van der Waals surface area (Å²) in [6.07, 6.45) is 2.13. The van der Waals surface area contributed by atoms with Crippen molar-refractivity contribution in [3.63, 3.8) is 0 Å². The van der Waals surface area contributed by atoms with Crippen molar-refractivity contribution in [1.29, 1.82) is 0 Å². The van der Waals surface area contributed by atoms with Gasteiger partial charge in [0.25, 0.3) is 0 Å². The van der Waals surface area contributed by atoms with E-state index in [1.165, 1.54) is 34.6 Å². The van der Waals surface area contributed by atoms with Crippen LogP contribution in [0.15, 0.2) is 18.2 Å². The normalized spacial score (nSPS) is 25.0. The van der Waals surface area contributed by atoms with Gasteiger partial charge in [0, 0.05) is 48.6 Å². The van der Waals surface area contributed by atoms with Crippen LogP contribution in [0.2, 0.25) is 0 Å². The molecule has 3 amide bonds. The SMILES string of the molecule is CC(=O)NC(=O)NC[C@@H]1CC2c3cccc4[nH]c(C)c(c34)C[C@H]2N(C)C1. The summed E-state index contributed by atoms with van der Waals surface area (Å²) in [5.41, 5.74) is 5.41. The third-order valence-electron chi connectivity index (χ3n) is 5.99. The number of imide groups is 1. The predicted molar refractivity (Wildman–Crippen MR) is 101 cm³/mol. The fraction of sp³-hybridized carbons (Fsp3) is 0.500. The zero-order valence-corrected chi connectivity index (χ0v) is 15.6. The number of carbonyl (C=O) groups excluding carboxylic acids is 2. The highest BCUT2D eigenvalue weighted by atomic mass is 16.2. The van der Waals surface area contributed by atoms with Crippen LogP contribution < -0.4 is 10.6 Å². The molecule has 138 valence electrons. The zero-order chi connectivity index (χ0) is 18.4. The third kappa shape index (κ3) is 2.88. The second kappa shape index (κ2) is 6.43. The molecule has 0 saturated carbocycles. The first-order chi connectivity index (χ1) is 12.4. The van der Waals surface area contributed by atoms with Gasteiger partial charge in [-0.05, 0) is 49.9 Å². The van der Waals surface area contributed by atoms with E-state index in [9.17, 15) is 9.59 Å². The summed E-state index contributed by atoms with van der Waals surface area (Å²) in [6.45, 7) is 5.05. The molecule has 1 saturated heterocycles. The Morgan fingerprint density at radius 2 is 2.15 bits per heavy atom. The Balaban J connectivity index is 1.56. The Bertz CT molecular complexity index is 872. The standard InChI is InChI=1S/C20H26N4O2/c1-11-15-8-18-16(14-5-4-6-17(22-11)19(14)15)7-13(10-24(18)3)9-21-20(26)23-12(2)25/h4-6,13,16,18,22H,7-10H2,1-3H3,(H2,21,23,25,26)/t13-,16?,18+/m0/s1. The second-order valence-corrected chi connectivity index (χ2v) is 7.81. The maximum absolute atomic E-state index is 11.7. The van der Waals surface area contributed by atoms with E-state index in [1.54, 1.807) is 0 Å². The number of carbonyl (C=O) groups is 2. The van der Waals surface area contributed by atoms with Gasteiger partial charge in [-0.25, -0.2) is 4.79 Å². The van der Waals surface area contributed by atoms with Gasteiger partial charge in [0.1, 0.15) is 0 Å². The highest BCUT2D eigenvalue weighted by Crippen LogP contribution is 2.45. The number of nitrogens with zero attached hydrogens (tertiary/aromatic N) is 1. The lowest BCUT2D eigenvalue weighted by Gasteiger charge is -2.45. The number of hydrogen-bond acceptors (Lipinski definition) is 3. The molecule has 1 aromatic carbocycles. The molecule has 2 heterocycles. The van der Waals surface area contributed by atoms with E-state index < -0.39 is 6.03 Å². The van der Waals surface area contributed by atoms with Crippen molar-refractivity contribution in [2.45, 2.75) is 38.6 Å². The minimum absolute atomic E-state index is 0.336. The van der Waals surface area contributed by atoms with Gasteiger partial charge in [0.05, 0.1) is 0 Å². The Labute approximate surface area is 153 Å². The van der Waals surface area contributed by atoms with E-state index in [2.05, 4.69) is 52.7 Å². The summed E-state index contributed by atoms with van der Waals surface area (Å²) in [5, 5.41) is 6.52. The minimum Gasteiger partial charge on any atom is -0.358 e. The first kappa shape index (κ1) is 17.1. The molecule has 3 N–H and O–H groups in total. The Morgan fingerprint density at radius 1 is 1.35 bits per heavy atom. The molecular formula is C20H26N4O2. The second-order valence-electron chi connectivity index (χ2n) is 7.81. The number of hydrogen-bond donors (Lipinski definition) is 3. The monoisotopic (exact) mass is 354 g/mol. The molecule has 26 heavy (non-hydrogen) atoms. The maximum atomic E-state index is 11.7. The van der Waals surface area contributed by atoms with Gasteiger partial charge in [-0.15, -0.1) is 0 Å². The number of aromatic nitrogens is 1. The Hall–Kier alpha value is -2.34. The number of amides is 3. The summed E-state index contributed by atoms with van der Waals surface area (Å²) >= 11 is 0. The molecule has 2 aliphatic rings. The third-order valence-corrected chi connectivity index (χ3v) is 5.99. The Morgan fingerprint density at radius 3 is 2.92 bits per heavy atom. The highest BCUT2D eigenvalue weighted by Gasteiger charge is 2.39. The van der Waals surface area contributed by atoms with E-state index in [0.717, 1.165) is 19.4 Å². The van der Waals surface area contributed by atoms with Crippen molar-refractivity contribution in [2.24, 2.45) is 5.92 Å². The lowest BCUT2D eigenvalue weighted by molar-refractivity contribution is -0.117. The number of rotatable bonds is 2. The maximum Gasteiger partial charge on any atom is 0.321 e. The summed E-state index contributed by atoms with van der Waals surface area (Å²) in [5.74, 6) is 0.510. The molecule has 0 radical (unpaired) electrons. The van der Waals surface area contributed by atoms with Crippen LogP contribution in [-0.4, -0.2) is 48.0 Å². The van der Waals surface area contributed by atoms with Crippen molar-refractivity contribution >= 4 is 22.8 Å². The van der Waals surface area contributed by atoms with Crippen molar-refractivity contribution in [1.82, 2.24) is 20.5 Å². The number of likely N-dealkylation sites (tertiary alicyclic amines) is 1. The average Bonchev–Trinajstić information content (AvgIpc) is 2.90. The molecule has 6 heteroatoms. The van der Waals surface area contributed by atoms with E-state index in [1.807, 2.05) is 0 Å². The molecule has 3 atom stereocenters. The first-order valence-corrected chi connectivity index (χ1v) is 9.29. The predicted octanol–water partition coefficient (Wildman–Crippen LogP) is 2.28. The molecule has 1 aliphatic carbocycles. The van der Waals surface area contributed by atoms with Crippen LogP contribution in [0, 0.1) is 12.8 Å². The number of benzene rings is 1. The number of piperidine rings is 1. The molecule has 1 aliphatic heterocycles. The highest BCUT2D eigenvalue weighted by molar-refractivity contribution is 5.93. The van der Waals surface area contributed by atoms with Crippen LogP contribution in [-0.2, 0) is 11.2 Å². The van der Waals surface area contributed by atoms with E-state index >= 15 is 0 Å². The minimum atomic E-state index is -0.406. The van der Waals surface area contributed by atoms with Crippen LogP contribution in [0.3, 0.4) is 0 Å². The van der Waals surface area contributed by atoms with Gasteiger partial charge in [-0.2, -0.15) is 0 Å². The largest absolute Gasteiger partial charge is 0.358 e. The molecule has 1 fully saturated rings. The van der Waals surface area contributed by atoms with Crippen LogP contribution in [0.25, 0.3) is 10.9 Å². The fourth-order valence-corrected chi connectivity index (χ4v) is 4.91. The smallest absolute Gasteiger partial charge is 0.321 e. The van der Waals surface area contributed by atoms with Gasteiger partial charge >= 0.3 is 6.03 Å². The van der Waals surface area contributed by atoms with Crippen molar-refractivity contribution < 1.29 is 9.59 Å². The van der Waals surface area contributed by atoms with Crippen molar-refractivity contribution in [3.05, 3.63) is 35.0 Å². The van der Waals surface area contributed by atoms with E-state index in [4.69, 9.17) is 0 Å². The number of aryl methyl sites for hydroxylation is 1. The van der Waals surface area contributed by atoms with Crippen molar-refractivity contribution in [3.8, 4) is 0 Å². The van der Waals surface area contributed by atoms with Gasteiger partial charge in [-0.3, -0.25) is 10.1 Å². The van der Waals surface area contributed by atoms with Gasteiger partial charge in [0.2, 0.25) is 5.91 Å². The lowest BCUT2D eigenvalue weighted by Crippen LogP contribution is -2.51. The molecule has 0 bridgehead atoms. The van der Waals surface area contributed by atoms with Gasteiger partial charge in [-0.1, -0.05) is 12.1 Å². The summed E-state index contributed by atoms with van der Waals surface area (Å²) in [4.78, 5) is 28.7. The summed E-state index contributed by atoms with van der Waals surface area (Å²) in [6, 6.07) is 6.67. The molecule has 6 nitrogen and oxygen atoms in total. The molecule has 4 rings (SSSR count). The van der Waals surface area contributed by atoms with Crippen LogP contribution in [0.5, 0.6) is 0 Å². The molecule has 0 spiro atoms. The van der Waals surface area contributed by atoms with Crippen molar-refractivity contribution in [2.75, 3.05) is 20.1 Å².